The lowest BCUT2D eigenvalue weighted by atomic mass is 10.0. The smallest absolute Gasteiger partial charge is 0.275 e. The number of nitrogens with one attached hydrogen (secondary N) is 2. The molecule has 0 spiro atoms. The number of aromatic nitrogens is 2. The molecule has 144 valence electrons. The SMILES string of the molecule is O=C(Nc1ccc2c(c1)CCCN2)c1cn(Cc2cc(F)c(F)c(F)c2)cn1. The Bertz CT molecular complexity index is 1020. The molecule has 28 heavy (non-hydrogen) atoms. The van der Waals surface area contributed by atoms with Crippen molar-refractivity contribution >= 4 is 17.3 Å². The van der Waals surface area contributed by atoms with Gasteiger partial charge in [-0.25, -0.2) is 18.2 Å². The fourth-order valence-electron chi connectivity index (χ4n) is 3.22. The number of carbonyl (C=O) groups excluding carboxylic acids is 1. The summed E-state index contributed by atoms with van der Waals surface area (Å²) in [5, 5.41) is 6.11. The number of hydrogen-bond acceptors (Lipinski definition) is 3. The molecule has 3 aromatic rings. The number of anilines is 2. The Balaban J connectivity index is 1.46. The fourth-order valence-corrected chi connectivity index (χ4v) is 3.22. The van der Waals surface area contributed by atoms with Gasteiger partial charge in [0.15, 0.2) is 17.5 Å². The van der Waals surface area contributed by atoms with Gasteiger partial charge in [-0.1, -0.05) is 0 Å². The van der Waals surface area contributed by atoms with E-state index in [1.165, 1.54) is 17.1 Å². The van der Waals surface area contributed by atoms with E-state index in [1.54, 1.807) is 0 Å². The number of benzene rings is 2. The van der Waals surface area contributed by atoms with Crippen LogP contribution < -0.4 is 10.6 Å². The lowest BCUT2D eigenvalue weighted by Crippen LogP contribution is -2.15. The largest absolute Gasteiger partial charge is 0.385 e. The summed E-state index contributed by atoms with van der Waals surface area (Å²) in [5.41, 5.74) is 3.29. The molecule has 2 N–H and O–H groups in total. The summed E-state index contributed by atoms with van der Waals surface area (Å²) < 4.78 is 41.2. The van der Waals surface area contributed by atoms with E-state index in [4.69, 9.17) is 0 Å². The number of aryl methyl sites for hydroxylation is 1. The fraction of sp³-hybridized carbons (Fsp3) is 0.200. The van der Waals surface area contributed by atoms with Crippen molar-refractivity contribution in [1.29, 1.82) is 0 Å². The van der Waals surface area contributed by atoms with E-state index in [2.05, 4.69) is 15.6 Å². The van der Waals surface area contributed by atoms with Crippen LogP contribution in [0.1, 0.15) is 28.0 Å². The van der Waals surface area contributed by atoms with Crippen LogP contribution in [0.2, 0.25) is 0 Å². The van der Waals surface area contributed by atoms with E-state index < -0.39 is 17.5 Å². The van der Waals surface area contributed by atoms with Crippen molar-refractivity contribution in [2.75, 3.05) is 17.2 Å². The van der Waals surface area contributed by atoms with Gasteiger partial charge in [-0.15, -0.1) is 0 Å². The highest BCUT2D eigenvalue weighted by Crippen LogP contribution is 2.25. The van der Waals surface area contributed by atoms with Gasteiger partial charge in [-0.05, 0) is 54.3 Å². The minimum atomic E-state index is -1.50. The minimum Gasteiger partial charge on any atom is -0.385 e. The molecule has 2 aromatic carbocycles. The molecule has 0 atom stereocenters. The molecule has 1 aliphatic heterocycles. The second-order valence-corrected chi connectivity index (χ2v) is 6.66. The van der Waals surface area contributed by atoms with Gasteiger partial charge >= 0.3 is 0 Å². The van der Waals surface area contributed by atoms with Gasteiger partial charge in [0.05, 0.1) is 6.33 Å². The van der Waals surface area contributed by atoms with Gasteiger partial charge in [-0.2, -0.15) is 0 Å². The highest BCUT2D eigenvalue weighted by Gasteiger charge is 2.14. The van der Waals surface area contributed by atoms with Crippen LogP contribution in [0.3, 0.4) is 0 Å². The van der Waals surface area contributed by atoms with Crippen molar-refractivity contribution in [3.05, 3.63) is 77.1 Å². The molecule has 2 heterocycles. The van der Waals surface area contributed by atoms with Crippen molar-refractivity contribution < 1.29 is 18.0 Å². The van der Waals surface area contributed by atoms with Crippen molar-refractivity contribution in [1.82, 2.24) is 9.55 Å². The summed E-state index contributed by atoms with van der Waals surface area (Å²) in [6.45, 7) is 0.997. The zero-order chi connectivity index (χ0) is 19.7. The first-order valence-electron chi connectivity index (χ1n) is 8.83. The van der Waals surface area contributed by atoms with Crippen molar-refractivity contribution in [2.24, 2.45) is 0 Å². The van der Waals surface area contributed by atoms with Crippen molar-refractivity contribution in [3.63, 3.8) is 0 Å². The monoisotopic (exact) mass is 386 g/mol. The Kier molecular flexibility index (Phi) is 4.77. The Morgan fingerprint density at radius 2 is 1.96 bits per heavy atom. The molecular weight excluding hydrogens is 369 g/mol. The quantitative estimate of drug-likeness (QED) is 0.668. The number of carbonyl (C=O) groups is 1. The molecule has 4 rings (SSSR count). The summed E-state index contributed by atoms with van der Waals surface area (Å²) in [4.78, 5) is 16.5. The lowest BCUT2D eigenvalue weighted by molar-refractivity contribution is 0.102. The van der Waals surface area contributed by atoms with E-state index in [-0.39, 0.29) is 23.7 Å². The average Bonchev–Trinajstić information content (AvgIpc) is 3.14. The summed E-state index contributed by atoms with van der Waals surface area (Å²) in [5.74, 6) is -4.40. The maximum Gasteiger partial charge on any atom is 0.275 e. The summed E-state index contributed by atoms with van der Waals surface area (Å²) in [6.07, 6.45) is 4.84. The van der Waals surface area contributed by atoms with Gasteiger partial charge in [0.1, 0.15) is 5.69 Å². The molecule has 1 aromatic heterocycles. The van der Waals surface area contributed by atoms with E-state index >= 15 is 0 Å². The van der Waals surface area contributed by atoms with Crippen molar-refractivity contribution in [3.8, 4) is 0 Å². The molecule has 0 saturated heterocycles. The molecule has 0 saturated carbocycles. The Labute approximate surface area is 159 Å². The summed E-state index contributed by atoms with van der Waals surface area (Å²) in [6, 6.07) is 7.51. The minimum absolute atomic E-state index is 0.0545. The number of nitrogens with zero attached hydrogens (tertiary/aromatic N) is 2. The van der Waals surface area contributed by atoms with Crippen LogP contribution in [0.25, 0.3) is 0 Å². The van der Waals surface area contributed by atoms with Gasteiger partial charge < -0.3 is 15.2 Å². The molecule has 0 aliphatic carbocycles. The van der Waals surface area contributed by atoms with Gasteiger partial charge in [0.2, 0.25) is 0 Å². The van der Waals surface area contributed by atoms with Crippen molar-refractivity contribution in [2.45, 2.75) is 19.4 Å². The van der Waals surface area contributed by atoms with Crippen LogP contribution in [-0.4, -0.2) is 22.0 Å². The predicted molar refractivity (Wildman–Crippen MR) is 98.9 cm³/mol. The number of halogens is 3. The zero-order valence-electron chi connectivity index (χ0n) is 14.8. The second-order valence-electron chi connectivity index (χ2n) is 6.66. The predicted octanol–water partition coefficient (Wildman–Crippen LogP) is 3.96. The third kappa shape index (κ3) is 3.71. The maximum absolute atomic E-state index is 13.3. The van der Waals surface area contributed by atoms with Crippen LogP contribution in [0, 0.1) is 17.5 Å². The first-order chi connectivity index (χ1) is 13.5. The number of fused-ring (bicyclic) bond motifs is 1. The van der Waals surface area contributed by atoms with Crippen LogP contribution in [0.15, 0.2) is 42.9 Å². The highest BCUT2D eigenvalue weighted by atomic mass is 19.2. The number of imidazole rings is 1. The molecule has 5 nitrogen and oxygen atoms in total. The summed E-state index contributed by atoms with van der Waals surface area (Å²) in [7, 11) is 0. The van der Waals surface area contributed by atoms with Gasteiger partial charge in [0, 0.05) is 30.7 Å². The second kappa shape index (κ2) is 7.38. The lowest BCUT2D eigenvalue weighted by Gasteiger charge is -2.18. The number of hydrogen-bond donors (Lipinski definition) is 2. The molecule has 0 unspecified atom stereocenters. The first kappa shape index (κ1) is 18.1. The average molecular weight is 386 g/mol. The number of rotatable bonds is 4. The van der Waals surface area contributed by atoms with E-state index in [1.807, 2.05) is 18.2 Å². The molecule has 0 fully saturated rings. The third-order valence-electron chi connectivity index (χ3n) is 4.58. The van der Waals surface area contributed by atoms with E-state index in [0.29, 0.717) is 5.69 Å². The van der Waals surface area contributed by atoms with Crippen LogP contribution in [0.4, 0.5) is 24.5 Å². The van der Waals surface area contributed by atoms with Gasteiger partial charge in [0.25, 0.3) is 5.91 Å². The maximum atomic E-state index is 13.3. The Morgan fingerprint density at radius 1 is 1.18 bits per heavy atom. The van der Waals surface area contributed by atoms with Gasteiger partial charge in [-0.3, -0.25) is 4.79 Å². The molecule has 1 amide bonds. The van der Waals surface area contributed by atoms with Crippen LogP contribution in [0.5, 0.6) is 0 Å². The Hall–Kier alpha value is -3.29. The first-order valence-corrected chi connectivity index (χ1v) is 8.83. The topological polar surface area (TPSA) is 59.0 Å². The standard InChI is InChI=1S/C20H17F3N4O/c21-15-6-12(7-16(22)19(15)23)9-27-10-18(25-11-27)20(28)26-14-3-4-17-13(8-14)2-1-5-24-17/h3-4,6-8,10-11,24H,1-2,5,9H2,(H,26,28). The highest BCUT2D eigenvalue weighted by molar-refractivity contribution is 6.02. The van der Waals surface area contributed by atoms with E-state index in [0.717, 1.165) is 42.8 Å². The molecular formula is C20H17F3N4O. The summed E-state index contributed by atoms with van der Waals surface area (Å²) >= 11 is 0. The molecule has 1 aliphatic rings. The van der Waals surface area contributed by atoms with Crippen LogP contribution >= 0.6 is 0 Å². The molecule has 0 bridgehead atoms. The number of amides is 1. The molecule has 8 heteroatoms. The Morgan fingerprint density at radius 3 is 2.75 bits per heavy atom. The van der Waals surface area contributed by atoms with E-state index in [9.17, 15) is 18.0 Å². The van der Waals surface area contributed by atoms with Crippen LogP contribution in [-0.2, 0) is 13.0 Å². The zero-order valence-corrected chi connectivity index (χ0v) is 14.8. The normalized spacial score (nSPS) is 13.0. The third-order valence-corrected chi connectivity index (χ3v) is 4.58. The molecule has 0 radical (unpaired) electrons.